The highest BCUT2D eigenvalue weighted by molar-refractivity contribution is 7.99. The molecule has 0 atom stereocenters. The quantitative estimate of drug-likeness (QED) is 0.828. The summed E-state index contributed by atoms with van der Waals surface area (Å²) in [4.78, 5) is 4.32. The summed E-state index contributed by atoms with van der Waals surface area (Å²) < 4.78 is 5.37. The molecule has 1 aromatic carbocycles. The van der Waals surface area contributed by atoms with Crippen molar-refractivity contribution in [1.82, 2.24) is 10.1 Å². The van der Waals surface area contributed by atoms with Crippen LogP contribution in [0.4, 0.5) is 5.69 Å². The number of nitrogens with zero attached hydrogens (tertiary/aromatic N) is 2. The highest BCUT2D eigenvalue weighted by Crippen LogP contribution is 2.37. The largest absolute Gasteiger partial charge is 0.397 e. The molecule has 0 bridgehead atoms. The van der Waals surface area contributed by atoms with Gasteiger partial charge in [0.25, 0.3) is 5.89 Å². The second-order valence-electron chi connectivity index (χ2n) is 5.23. The van der Waals surface area contributed by atoms with E-state index in [-0.39, 0.29) is 4.75 Å². The third-order valence-electron chi connectivity index (χ3n) is 2.46. The third-order valence-corrected chi connectivity index (χ3v) is 4.37. The SMILES string of the molecule is CC(C)(C)SCc1noc(-c2c(Cl)ccc(Cl)c2N)n1. The van der Waals surface area contributed by atoms with E-state index < -0.39 is 0 Å². The predicted octanol–water partition coefficient (Wildman–Crippen LogP) is 4.66. The Morgan fingerprint density at radius 3 is 2.55 bits per heavy atom. The van der Waals surface area contributed by atoms with Crippen LogP contribution in [-0.4, -0.2) is 14.9 Å². The molecule has 1 aromatic heterocycles. The standard InChI is InChI=1S/C13H15Cl2N3OS/c1-13(2,3)20-6-9-17-12(19-18-9)10-7(14)4-5-8(15)11(10)16/h4-5H,6,16H2,1-3H3. The molecule has 0 unspecified atom stereocenters. The Balaban J connectivity index is 2.28. The first kappa shape index (κ1) is 15.5. The first-order chi connectivity index (χ1) is 9.28. The average molecular weight is 332 g/mol. The van der Waals surface area contributed by atoms with Crippen molar-refractivity contribution in [3.8, 4) is 11.5 Å². The molecule has 0 spiro atoms. The summed E-state index contributed by atoms with van der Waals surface area (Å²) in [5.41, 5.74) is 6.75. The van der Waals surface area contributed by atoms with Gasteiger partial charge in [0.1, 0.15) is 0 Å². The van der Waals surface area contributed by atoms with Gasteiger partial charge in [-0.05, 0) is 12.1 Å². The second-order valence-corrected chi connectivity index (χ2v) is 7.85. The molecule has 20 heavy (non-hydrogen) atoms. The van der Waals surface area contributed by atoms with Gasteiger partial charge in [-0.25, -0.2) is 0 Å². The maximum Gasteiger partial charge on any atom is 0.261 e. The van der Waals surface area contributed by atoms with Crippen LogP contribution < -0.4 is 5.73 Å². The number of halogens is 2. The van der Waals surface area contributed by atoms with Gasteiger partial charge in [0, 0.05) is 4.75 Å². The Kier molecular flexibility index (Phi) is 4.52. The van der Waals surface area contributed by atoms with Crippen LogP contribution in [0.25, 0.3) is 11.5 Å². The molecule has 108 valence electrons. The summed E-state index contributed by atoms with van der Waals surface area (Å²) in [7, 11) is 0. The molecule has 1 heterocycles. The van der Waals surface area contributed by atoms with Crippen LogP contribution in [0.15, 0.2) is 16.7 Å². The molecule has 2 rings (SSSR count). The van der Waals surface area contributed by atoms with Gasteiger partial charge >= 0.3 is 0 Å². The molecule has 0 saturated heterocycles. The van der Waals surface area contributed by atoms with Crippen molar-refractivity contribution in [2.24, 2.45) is 0 Å². The number of anilines is 1. The number of nitrogens with two attached hydrogens (primary N) is 1. The minimum atomic E-state index is 0.132. The number of rotatable bonds is 3. The topological polar surface area (TPSA) is 64.9 Å². The van der Waals surface area contributed by atoms with Crippen molar-refractivity contribution in [2.75, 3.05) is 5.73 Å². The van der Waals surface area contributed by atoms with Gasteiger partial charge in [-0.2, -0.15) is 4.98 Å². The molecule has 4 nitrogen and oxygen atoms in total. The van der Waals surface area contributed by atoms with Gasteiger partial charge in [-0.15, -0.1) is 11.8 Å². The zero-order valence-corrected chi connectivity index (χ0v) is 13.7. The number of hydrogen-bond donors (Lipinski definition) is 1. The molecule has 0 fully saturated rings. The number of hydrogen-bond acceptors (Lipinski definition) is 5. The lowest BCUT2D eigenvalue weighted by Gasteiger charge is -2.15. The molecule has 0 saturated carbocycles. The zero-order chi connectivity index (χ0) is 14.9. The van der Waals surface area contributed by atoms with E-state index in [0.717, 1.165) is 0 Å². The summed E-state index contributed by atoms with van der Waals surface area (Å²) >= 11 is 13.8. The number of benzene rings is 1. The van der Waals surface area contributed by atoms with Gasteiger partial charge < -0.3 is 10.3 Å². The lowest BCUT2D eigenvalue weighted by molar-refractivity contribution is 0.425. The zero-order valence-electron chi connectivity index (χ0n) is 11.4. The van der Waals surface area contributed by atoms with Crippen LogP contribution >= 0.6 is 35.0 Å². The van der Waals surface area contributed by atoms with E-state index in [1.54, 1.807) is 23.9 Å². The van der Waals surface area contributed by atoms with Gasteiger partial charge in [-0.3, -0.25) is 0 Å². The fourth-order valence-corrected chi connectivity index (χ4v) is 2.56. The van der Waals surface area contributed by atoms with E-state index in [4.69, 9.17) is 33.5 Å². The molecule has 0 aliphatic rings. The lowest BCUT2D eigenvalue weighted by Crippen LogP contribution is -2.07. The monoisotopic (exact) mass is 331 g/mol. The number of thioether (sulfide) groups is 1. The van der Waals surface area contributed by atoms with Crippen molar-refractivity contribution in [3.63, 3.8) is 0 Å². The summed E-state index contributed by atoms with van der Waals surface area (Å²) in [5.74, 6) is 1.56. The third kappa shape index (κ3) is 3.59. The minimum Gasteiger partial charge on any atom is -0.397 e. The van der Waals surface area contributed by atoms with Gasteiger partial charge in [0.05, 0.1) is 27.0 Å². The van der Waals surface area contributed by atoms with Crippen LogP contribution in [0.3, 0.4) is 0 Å². The maximum absolute atomic E-state index is 6.12. The molecule has 0 radical (unpaired) electrons. The van der Waals surface area contributed by atoms with E-state index in [9.17, 15) is 0 Å². The molecular weight excluding hydrogens is 317 g/mol. The van der Waals surface area contributed by atoms with E-state index in [1.165, 1.54) is 0 Å². The van der Waals surface area contributed by atoms with E-state index >= 15 is 0 Å². The summed E-state index contributed by atoms with van der Waals surface area (Å²) in [6.07, 6.45) is 0. The van der Waals surface area contributed by atoms with Crippen LogP contribution in [-0.2, 0) is 5.75 Å². The van der Waals surface area contributed by atoms with Gasteiger partial charge in [0.15, 0.2) is 5.82 Å². The minimum absolute atomic E-state index is 0.132. The first-order valence-electron chi connectivity index (χ1n) is 5.98. The van der Waals surface area contributed by atoms with Crippen molar-refractivity contribution < 1.29 is 4.52 Å². The van der Waals surface area contributed by atoms with Crippen LogP contribution in [0.5, 0.6) is 0 Å². The normalized spacial score (nSPS) is 11.8. The smallest absolute Gasteiger partial charge is 0.261 e. The number of nitrogen functional groups attached to an aromatic ring is 1. The van der Waals surface area contributed by atoms with Crippen molar-refractivity contribution >= 4 is 40.7 Å². The van der Waals surface area contributed by atoms with Crippen molar-refractivity contribution in [2.45, 2.75) is 31.3 Å². The van der Waals surface area contributed by atoms with E-state index in [1.807, 2.05) is 0 Å². The Morgan fingerprint density at radius 2 is 1.90 bits per heavy atom. The summed E-state index contributed by atoms with van der Waals surface area (Å²) in [6, 6.07) is 3.29. The van der Waals surface area contributed by atoms with Gasteiger partial charge in [-0.1, -0.05) is 49.1 Å². The first-order valence-corrected chi connectivity index (χ1v) is 7.72. The van der Waals surface area contributed by atoms with Crippen LogP contribution in [0, 0.1) is 0 Å². The molecule has 2 N–H and O–H groups in total. The molecule has 7 heteroatoms. The van der Waals surface area contributed by atoms with Gasteiger partial charge in [0.2, 0.25) is 0 Å². The molecule has 0 aliphatic heterocycles. The molecular formula is C13H15Cl2N3OS. The second kappa shape index (κ2) is 5.84. The molecule has 0 aliphatic carbocycles. The highest BCUT2D eigenvalue weighted by Gasteiger charge is 2.19. The summed E-state index contributed by atoms with van der Waals surface area (Å²) in [5, 5.41) is 4.79. The maximum atomic E-state index is 6.12. The fraction of sp³-hybridized carbons (Fsp3) is 0.385. The Bertz CT molecular complexity index is 623. The summed E-state index contributed by atoms with van der Waals surface area (Å²) in [6.45, 7) is 6.39. The Labute approximate surface area is 132 Å². The number of aromatic nitrogens is 2. The lowest BCUT2D eigenvalue weighted by atomic mass is 10.2. The van der Waals surface area contributed by atoms with Crippen molar-refractivity contribution in [1.29, 1.82) is 0 Å². The van der Waals surface area contributed by atoms with Crippen molar-refractivity contribution in [3.05, 3.63) is 28.0 Å². The van der Waals surface area contributed by atoms with Crippen LogP contribution in [0.2, 0.25) is 10.0 Å². The highest BCUT2D eigenvalue weighted by atomic mass is 35.5. The van der Waals surface area contributed by atoms with E-state index in [0.29, 0.717) is 38.8 Å². The molecule has 2 aromatic rings. The fourth-order valence-electron chi connectivity index (χ4n) is 1.48. The average Bonchev–Trinajstić information content (AvgIpc) is 2.80. The van der Waals surface area contributed by atoms with E-state index in [2.05, 4.69) is 30.9 Å². The van der Waals surface area contributed by atoms with Crippen LogP contribution in [0.1, 0.15) is 26.6 Å². The Morgan fingerprint density at radius 1 is 1.25 bits per heavy atom. The predicted molar refractivity (Wildman–Crippen MR) is 85.2 cm³/mol. The molecule has 0 amide bonds. The Hall–Kier alpha value is -0.910.